The normalized spacial score (nSPS) is 22.6. The molecule has 2 saturated heterocycles. The minimum atomic E-state index is -0.0414. The van der Waals surface area contributed by atoms with Gasteiger partial charge in [0, 0.05) is 25.0 Å². The number of hydrogen-bond donors (Lipinski definition) is 1. The van der Waals surface area contributed by atoms with Crippen LogP contribution in [0.15, 0.2) is 16.5 Å². The Labute approximate surface area is 174 Å². The molecule has 3 heterocycles. The third-order valence-electron chi connectivity index (χ3n) is 6.81. The first-order valence-corrected chi connectivity index (χ1v) is 11.6. The van der Waals surface area contributed by atoms with Crippen LogP contribution < -0.4 is 5.32 Å². The molecule has 3 aliphatic rings. The maximum atomic E-state index is 12.8. The first kappa shape index (κ1) is 20.5. The third kappa shape index (κ3) is 5.41. The average molecular weight is 402 g/mol. The van der Waals surface area contributed by atoms with Gasteiger partial charge in [0.15, 0.2) is 5.76 Å². The fourth-order valence-electron chi connectivity index (χ4n) is 4.98. The zero-order valence-electron chi connectivity index (χ0n) is 17.5. The molecule has 0 spiro atoms. The van der Waals surface area contributed by atoms with Crippen molar-refractivity contribution in [1.82, 2.24) is 15.1 Å². The van der Waals surface area contributed by atoms with Gasteiger partial charge >= 0.3 is 0 Å². The fraction of sp³-hybridized carbons (Fsp3) is 0.739. The maximum absolute atomic E-state index is 12.8. The summed E-state index contributed by atoms with van der Waals surface area (Å²) in [6.45, 7) is 4.27. The number of carbonyl (C=O) groups is 2. The van der Waals surface area contributed by atoms with Crippen molar-refractivity contribution in [2.24, 2.45) is 5.92 Å². The highest BCUT2D eigenvalue weighted by Gasteiger charge is 2.30. The summed E-state index contributed by atoms with van der Waals surface area (Å²) in [5.74, 6) is 1.48. The molecule has 0 radical (unpaired) electrons. The zero-order chi connectivity index (χ0) is 20.1. The van der Waals surface area contributed by atoms with Crippen LogP contribution in [0.4, 0.5) is 0 Å². The second-order valence-electron chi connectivity index (χ2n) is 9.01. The van der Waals surface area contributed by atoms with Gasteiger partial charge in [0.05, 0.1) is 6.54 Å². The molecule has 1 N–H and O–H groups in total. The van der Waals surface area contributed by atoms with E-state index in [9.17, 15) is 9.59 Å². The van der Waals surface area contributed by atoms with E-state index in [1.165, 1.54) is 38.5 Å². The largest absolute Gasteiger partial charge is 0.455 e. The lowest BCUT2D eigenvalue weighted by molar-refractivity contribution is -0.127. The summed E-state index contributed by atoms with van der Waals surface area (Å²) in [7, 11) is 0. The number of nitrogens with zero attached hydrogens (tertiary/aromatic N) is 2. The number of hydrogen-bond acceptors (Lipinski definition) is 4. The van der Waals surface area contributed by atoms with Gasteiger partial charge < -0.3 is 14.6 Å². The molecule has 0 bridgehead atoms. The Morgan fingerprint density at radius 3 is 2.28 bits per heavy atom. The Hall–Kier alpha value is -1.82. The highest BCUT2D eigenvalue weighted by Crippen LogP contribution is 2.23. The highest BCUT2D eigenvalue weighted by molar-refractivity contribution is 5.91. The van der Waals surface area contributed by atoms with Crippen molar-refractivity contribution in [3.8, 4) is 0 Å². The summed E-state index contributed by atoms with van der Waals surface area (Å²) in [6, 6.07) is 4.08. The number of amides is 2. The van der Waals surface area contributed by atoms with Crippen molar-refractivity contribution in [2.75, 3.05) is 26.2 Å². The van der Waals surface area contributed by atoms with Crippen molar-refractivity contribution in [2.45, 2.75) is 76.8 Å². The van der Waals surface area contributed by atoms with Gasteiger partial charge in [-0.3, -0.25) is 14.5 Å². The number of rotatable bonds is 5. The van der Waals surface area contributed by atoms with E-state index in [0.29, 0.717) is 24.9 Å². The number of likely N-dealkylation sites (tertiary alicyclic amines) is 2. The minimum absolute atomic E-state index is 0.0321. The molecular weight excluding hydrogens is 366 g/mol. The van der Waals surface area contributed by atoms with E-state index in [2.05, 4.69) is 10.2 Å². The lowest BCUT2D eigenvalue weighted by atomic mass is 9.95. The zero-order valence-corrected chi connectivity index (χ0v) is 17.5. The Morgan fingerprint density at radius 1 is 0.897 bits per heavy atom. The van der Waals surface area contributed by atoms with E-state index >= 15 is 0 Å². The van der Waals surface area contributed by atoms with Gasteiger partial charge in [0.2, 0.25) is 5.91 Å². The monoisotopic (exact) mass is 401 g/mol. The summed E-state index contributed by atoms with van der Waals surface area (Å²) in [6.07, 6.45) is 11.2. The Bertz CT molecular complexity index is 679. The minimum Gasteiger partial charge on any atom is -0.455 e. The predicted molar refractivity (Wildman–Crippen MR) is 111 cm³/mol. The molecule has 1 saturated carbocycles. The molecule has 6 heteroatoms. The van der Waals surface area contributed by atoms with Gasteiger partial charge in [-0.15, -0.1) is 0 Å². The van der Waals surface area contributed by atoms with E-state index in [0.717, 1.165) is 51.1 Å². The molecule has 3 fully saturated rings. The Kier molecular flexibility index (Phi) is 6.90. The van der Waals surface area contributed by atoms with Crippen LogP contribution in [0.3, 0.4) is 0 Å². The summed E-state index contributed by atoms with van der Waals surface area (Å²) >= 11 is 0. The Morgan fingerprint density at radius 2 is 1.59 bits per heavy atom. The van der Waals surface area contributed by atoms with Crippen LogP contribution in [-0.4, -0.2) is 53.8 Å². The van der Waals surface area contributed by atoms with Crippen LogP contribution in [0.1, 0.15) is 80.5 Å². The van der Waals surface area contributed by atoms with Crippen molar-refractivity contribution >= 4 is 11.8 Å². The van der Waals surface area contributed by atoms with Crippen LogP contribution in [-0.2, 0) is 11.3 Å². The van der Waals surface area contributed by atoms with Crippen LogP contribution in [0.5, 0.6) is 0 Å². The van der Waals surface area contributed by atoms with Gasteiger partial charge in [-0.25, -0.2) is 0 Å². The lowest BCUT2D eigenvalue weighted by Gasteiger charge is -2.31. The standard InChI is InChI=1S/C23H35N3O3/c27-22(24-19-7-3-1-2-4-8-19)18-11-15-26(16-12-18)23(28)21-10-9-20(29-21)17-25-13-5-6-14-25/h9-10,18-19H,1-8,11-17H2,(H,24,27). The molecule has 1 aromatic heterocycles. The molecule has 1 aliphatic carbocycles. The van der Waals surface area contributed by atoms with Crippen molar-refractivity contribution in [3.63, 3.8) is 0 Å². The fourth-order valence-corrected chi connectivity index (χ4v) is 4.98. The van der Waals surface area contributed by atoms with E-state index in [-0.39, 0.29) is 17.7 Å². The molecule has 29 heavy (non-hydrogen) atoms. The average Bonchev–Trinajstić information content (AvgIpc) is 3.36. The number of nitrogens with one attached hydrogen (secondary N) is 1. The molecule has 0 unspecified atom stereocenters. The van der Waals surface area contributed by atoms with Crippen molar-refractivity contribution < 1.29 is 14.0 Å². The van der Waals surface area contributed by atoms with Gasteiger partial charge in [0.1, 0.15) is 5.76 Å². The van der Waals surface area contributed by atoms with E-state index in [1.807, 2.05) is 11.0 Å². The smallest absolute Gasteiger partial charge is 0.289 e. The number of piperidine rings is 1. The van der Waals surface area contributed by atoms with E-state index in [4.69, 9.17) is 4.42 Å². The topological polar surface area (TPSA) is 65.8 Å². The van der Waals surface area contributed by atoms with Crippen LogP contribution >= 0.6 is 0 Å². The van der Waals surface area contributed by atoms with E-state index in [1.54, 1.807) is 6.07 Å². The molecule has 0 atom stereocenters. The lowest BCUT2D eigenvalue weighted by Crippen LogP contribution is -2.45. The third-order valence-corrected chi connectivity index (χ3v) is 6.81. The Balaban J connectivity index is 1.24. The summed E-state index contributed by atoms with van der Waals surface area (Å²) < 4.78 is 5.84. The van der Waals surface area contributed by atoms with Crippen molar-refractivity contribution in [1.29, 1.82) is 0 Å². The van der Waals surface area contributed by atoms with Crippen LogP contribution in [0.25, 0.3) is 0 Å². The molecule has 4 rings (SSSR count). The number of furan rings is 1. The first-order valence-electron chi connectivity index (χ1n) is 11.6. The first-order chi connectivity index (χ1) is 14.2. The van der Waals surface area contributed by atoms with E-state index < -0.39 is 0 Å². The van der Waals surface area contributed by atoms with Crippen LogP contribution in [0.2, 0.25) is 0 Å². The van der Waals surface area contributed by atoms with Gasteiger partial charge in [-0.05, 0) is 63.7 Å². The van der Waals surface area contributed by atoms with Crippen molar-refractivity contribution in [3.05, 3.63) is 23.7 Å². The maximum Gasteiger partial charge on any atom is 0.289 e. The summed E-state index contributed by atoms with van der Waals surface area (Å²) in [4.78, 5) is 29.7. The van der Waals surface area contributed by atoms with Gasteiger partial charge in [-0.1, -0.05) is 25.7 Å². The second-order valence-corrected chi connectivity index (χ2v) is 9.01. The van der Waals surface area contributed by atoms with Gasteiger partial charge in [0.25, 0.3) is 5.91 Å². The van der Waals surface area contributed by atoms with Gasteiger partial charge in [-0.2, -0.15) is 0 Å². The predicted octanol–water partition coefficient (Wildman–Crippen LogP) is 3.57. The quantitative estimate of drug-likeness (QED) is 0.766. The molecule has 2 aliphatic heterocycles. The summed E-state index contributed by atoms with van der Waals surface area (Å²) in [5, 5.41) is 3.28. The summed E-state index contributed by atoms with van der Waals surface area (Å²) in [5.41, 5.74) is 0. The molecule has 1 aromatic rings. The highest BCUT2D eigenvalue weighted by atomic mass is 16.4. The molecule has 0 aromatic carbocycles. The second kappa shape index (κ2) is 9.79. The van der Waals surface area contributed by atoms with Crippen LogP contribution in [0, 0.1) is 5.92 Å². The molecule has 2 amide bonds. The molecular formula is C23H35N3O3. The number of carbonyl (C=O) groups excluding carboxylic acids is 2. The molecule has 160 valence electrons. The SMILES string of the molecule is O=C(NC1CCCCCC1)C1CCN(C(=O)c2ccc(CN3CCCC3)o2)CC1. The molecule has 6 nitrogen and oxygen atoms in total.